The predicted molar refractivity (Wildman–Crippen MR) is 64.8 cm³/mol. The molecule has 0 aliphatic carbocycles. The van der Waals surface area contributed by atoms with Crippen LogP contribution in [0.1, 0.15) is 12.5 Å². The number of rotatable bonds is 3. The topological polar surface area (TPSA) is 67.4 Å². The van der Waals surface area contributed by atoms with Gasteiger partial charge >= 0.3 is 12.0 Å². The van der Waals surface area contributed by atoms with Crippen LogP contribution in [0.5, 0.6) is 0 Å². The number of amides is 2. The van der Waals surface area contributed by atoms with Gasteiger partial charge in [-0.25, -0.2) is 9.59 Å². The summed E-state index contributed by atoms with van der Waals surface area (Å²) in [6.07, 6.45) is 0. The minimum Gasteiger partial charge on any atom is -0.467 e. The number of hydrogen-bond donors (Lipinski definition) is 2. The maximum atomic E-state index is 11.6. The Balaban J connectivity index is 2.56. The van der Waals surface area contributed by atoms with Crippen LogP contribution >= 0.6 is 0 Å². The number of esters is 1. The molecule has 0 spiro atoms. The Morgan fingerprint density at radius 2 is 1.94 bits per heavy atom. The molecular weight excluding hydrogens is 220 g/mol. The molecule has 0 heterocycles. The molecular formula is C12H16N2O3. The van der Waals surface area contributed by atoms with E-state index in [-0.39, 0.29) is 0 Å². The molecule has 1 aromatic carbocycles. The molecule has 0 saturated carbocycles. The molecule has 5 nitrogen and oxygen atoms in total. The maximum Gasteiger partial charge on any atom is 0.328 e. The van der Waals surface area contributed by atoms with Crippen LogP contribution in [0.4, 0.5) is 10.5 Å². The maximum absolute atomic E-state index is 11.6. The Morgan fingerprint density at radius 1 is 1.29 bits per heavy atom. The second-order valence-corrected chi connectivity index (χ2v) is 3.66. The normalized spacial score (nSPS) is 11.5. The lowest BCUT2D eigenvalue weighted by Crippen LogP contribution is -2.41. The van der Waals surface area contributed by atoms with Crippen molar-refractivity contribution < 1.29 is 14.3 Å². The van der Waals surface area contributed by atoms with Crippen molar-refractivity contribution in [1.29, 1.82) is 0 Å². The third-order valence-corrected chi connectivity index (χ3v) is 2.30. The van der Waals surface area contributed by atoms with E-state index in [1.807, 2.05) is 25.1 Å². The molecule has 1 aromatic rings. The van der Waals surface area contributed by atoms with E-state index in [9.17, 15) is 9.59 Å². The largest absolute Gasteiger partial charge is 0.467 e. The second-order valence-electron chi connectivity index (χ2n) is 3.66. The molecule has 1 atom stereocenters. The number of methoxy groups -OCH3 is 1. The number of urea groups is 1. The lowest BCUT2D eigenvalue weighted by Gasteiger charge is -2.13. The van der Waals surface area contributed by atoms with Crippen LogP contribution in [-0.4, -0.2) is 25.2 Å². The molecule has 0 aliphatic rings. The number of aryl methyl sites for hydroxylation is 1. The fourth-order valence-corrected chi connectivity index (χ4v) is 1.30. The number of benzene rings is 1. The summed E-state index contributed by atoms with van der Waals surface area (Å²) in [6.45, 7) is 3.45. The van der Waals surface area contributed by atoms with E-state index in [4.69, 9.17) is 0 Å². The van der Waals surface area contributed by atoms with Gasteiger partial charge in [-0.15, -0.1) is 0 Å². The van der Waals surface area contributed by atoms with Gasteiger partial charge < -0.3 is 15.4 Å². The molecule has 0 aliphatic heterocycles. The Hall–Kier alpha value is -2.04. The van der Waals surface area contributed by atoms with Crippen LogP contribution in [-0.2, 0) is 9.53 Å². The van der Waals surface area contributed by atoms with Crippen molar-refractivity contribution in [3.05, 3.63) is 29.8 Å². The van der Waals surface area contributed by atoms with E-state index in [2.05, 4.69) is 15.4 Å². The third-order valence-electron chi connectivity index (χ3n) is 2.30. The number of carbonyl (C=O) groups excluding carboxylic acids is 2. The SMILES string of the molecule is COC(=O)[C@@H](C)NC(=O)Nc1ccccc1C. The summed E-state index contributed by atoms with van der Waals surface area (Å²) in [5.41, 5.74) is 1.66. The molecule has 1 rings (SSSR count). The number of carbonyl (C=O) groups is 2. The lowest BCUT2D eigenvalue weighted by atomic mass is 10.2. The summed E-state index contributed by atoms with van der Waals surface area (Å²) in [7, 11) is 1.28. The fourth-order valence-electron chi connectivity index (χ4n) is 1.30. The first-order chi connectivity index (χ1) is 8.04. The molecule has 2 amide bonds. The molecule has 0 saturated heterocycles. The highest BCUT2D eigenvalue weighted by Gasteiger charge is 2.15. The van der Waals surface area contributed by atoms with Crippen molar-refractivity contribution in [1.82, 2.24) is 5.32 Å². The Kier molecular flexibility index (Phi) is 4.51. The van der Waals surface area contributed by atoms with Gasteiger partial charge in [0.1, 0.15) is 6.04 Å². The van der Waals surface area contributed by atoms with Crippen molar-refractivity contribution >= 4 is 17.7 Å². The molecule has 0 aromatic heterocycles. The average Bonchev–Trinajstić information content (AvgIpc) is 2.31. The highest BCUT2D eigenvalue weighted by molar-refractivity contribution is 5.92. The number of ether oxygens (including phenoxy) is 1. The van der Waals surface area contributed by atoms with Crippen molar-refractivity contribution in [2.75, 3.05) is 12.4 Å². The van der Waals surface area contributed by atoms with E-state index in [0.29, 0.717) is 5.69 Å². The van der Waals surface area contributed by atoms with E-state index in [1.165, 1.54) is 7.11 Å². The molecule has 0 unspecified atom stereocenters. The van der Waals surface area contributed by atoms with E-state index >= 15 is 0 Å². The quantitative estimate of drug-likeness (QED) is 0.784. The van der Waals surface area contributed by atoms with Crippen LogP contribution in [0.25, 0.3) is 0 Å². The minimum absolute atomic E-state index is 0.433. The van der Waals surface area contributed by atoms with E-state index in [0.717, 1.165) is 5.56 Å². The van der Waals surface area contributed by atoms with Crippen LogP contribution in [0.3, 0.4) is 0 Å². The summed E-state index contributed by atoms with van der Waals surface area (Å²) >= 11 is 0. The van der Waals surface area contributed by atoms with Gasteiger partial charge in [0.25, 0.3) is 0 Å². The van der Waals surface area contributed by atoms with Gasteiger partial charge in [0, 0.05) is 5.69 Å². The molecule has 5 heteroatoms. The summed E-state index contributed by atoms with van der Waals surface area (Å²) in [6, 6.07) is 6.28. The first kappa shape index (κ1) is 13.0. The van der Waals surface area contributed by atoms with Gasteiger partial charge in [0.15, 0.2) is 0 Å². The average molecular weight is 236 g/mol. The monoisotopic (exact) mass is 236 g/mol. The van der Waals surface area contributed by atoms with Crippen LogP contribution in [0.15, 0.2) is 24.3 Å². The Morgan fingerprint density at radius 3 is 2.53 bits per heavy atom. The third kappa shape index (κ3) is 3.79. The van der Waals surface area contributed by atoms with Gasteiger partial charge in [-0.05, 0) is 25.5 Å². The molecule has 0 fully saturated rings. The number of nitrogens with one attached hydrogen (secondary N) is 2. The van der Waals surface area contributed by atoms with E-state index in [1.54, 1.807) is 13.0 Å². The second kappa shape index (κ2) is 5.89. The highest BCUT2D eigenvalue weighted by atomic mass is 16.5. The van der Waals surface area contributed by atoms with Crippen molar-refractivity contribution in [3.8, 4) is 0 Å². The van der Waals surface area contributed by atoms with Crippen molar-refractivity contribution in [3.63, 3.8) is 0 Å². The minimum atomic E-state index is -0.677. The first-order valence-electron chi connectivity index (χ1n) is 5.25. The zero-order valence-corrected chi connectivity index (χ0v) is 10.1. The van der Waals surface area contributed by atoms with Gasteiger partial charge in [-0.2, -0.15) is 0 Å². The molecule has 2 N–H and O–H groups in total. The summed E-state index contributed by atoms with van der Waals surface area (Å²) < 4.78 is 4.51. The fraction of sp³-hybridized carbons (Fsp3) is 0.333. The van der Waals surface area contributed by atoms with Crippen LogP contribution in [0, 0.1) is 6.92 Å². The van der Waals surface area contributed by atoms with Gasteiger partial charge in [0.05, 0.1) is 7.11 Å². The molecule has 92 valence electrons. The number of para-hydroxylation sites is 1. The summed E-state index contributed by atoms with van der Waals surface area (Å²) in [4.78, 5) is 22.7. The summed E-state index contributed by atoms with van der Waals surface area (Å²) in [5, 5.41) is 5.14. The highest BCUT2D eigenvalue weighted by Crippen LogP contribution is 2.12. The standard InChI is InChI=1S/C12H16N2O3/c1-8-6-4-5-7-10(8)14-12(16)13-9(2)11(15)17-3/h4-7,9H,1-3H3,(H2,13,14,16)/t9-/m1/s1. The summed E-state index contributed by atoms with van der Waals surface area (Å²) in [5.74, 6) is -0.482. The van der Waals surface area contributed by atoms with Crippen LogP contribution < -0.4 is 10.6 Å². The van der Waals surface area contributed by atoms with Gasteiger partial charge in [-0.3, -0.25) is 0 Å². The molecule has 0 radical (unpaired) electrons. The number of hydrogen-bond acceptors (Lipinski definition) is 3. The smallest absolute Gasteiger partial charge is 0.328 e. The first-order valence-corrected chi connectivity index (χ1v) is 5.25. The zero-order chi connectivity index (χ0) is 12.8. The van der Waals surface area contributed by atoms with Crippen molar-refractivity contribution in [2.45, 2.75) is 19.9 Å². The Bertz CT molecular complexity index is 418. The predicted octanol–water partition coefficient (Wildman–Crippen LogP) is 1.68. The van der Waals surface area contributed by atoms with Gasteiger partial charge in [0.2, 0.25) is 0 Å². The van der Waals surface area contributed by atoms with Crippen molar-refractivity contribution in [2.24, 2.45) is 0 Å². The Labute approximate surface area is 100 Å². The molecule has 17 heavy (non-hydrogen) atoms. The van der Waals surface area contributed by atoms with Crippen LogP contribution in [0.2, 0.25) is 0 Å². The number of anilines is 1. The van der Waals surface area contributed by atoms with E-state index < -0.39 is 18.0 Å². The molecule has 0 bridgehead atoms. The zero-order valence-electron chi connectivity index (χ0n) is 10.1. The lowest BCUT2D eigenvalue weighted by molar-refractivity contribution is -0.142. The van der Waals surface area contributed by atoms with Gasteiger partial charge in [-0.1, -0.05) is 18.2 Å².